The monoisotopic (exact) mass is 274 g/mol. The van der Waals surface area contributed by atoms with Gasteiger partial charge in [0.15, 0.2) is 5.82 Å². The molecule has 1 aliphatic carbocycles. The van der Waals surface area contributed by atoms with Crippen molar-refractivity contribution in [2.75, 3.05) is 0 Å². The molecule has 0 radical (unpaired) electrons. The Kier molecular flexibility index (Phi) is 4.04. The summed E-state index contributed by atoms with van der Waals surface area (Å²) in [5.74, 6) is 2.15. The molecule has 1 aromatic heterocycles. The summed E-state index contributed by atoms with van der Waals surface area (Å²) in [5, 5.41) is 0. The van der Waals surface area contributed by atoms with Crippen LogP contribution in [0.15, 0.2) is 18.2 Å². The molecule has 1 N–H and O–H groups in total. The largest absolute Gasteiger partial charge is 0.342 e. The molecular formula is C17H23FN2. The van der Waals surface area contributed by atoms with Crippen molar-refractivity contribution in [3.05, 3.63) is 29.8 Å². The molecule has 3 heteroatoms. The Labute approximate surface area is 119 Å². The van der Waals surface area contributed by atoms with Gasteiger partial charge in [0, 0.05) is 5.92 Å². The third-order valence-corrected chi connectivity index (χ3v) is 4.68. The van der Waals surface area contributed by atoms with Crippen molar-refractivity contribution >= 4 is 11.0 Å². The van der Waals surface area contributed by atoms with Crippen LogP contribution in [0.25, 0.3) is 11.0 Å². The Morgan fingerprint density at radius 3 is 2.75 bits per heavy atom. The Bertz CT molecular complexity index is 567. The molecule has 0 unspecified atom stereocenters. The summed E-state index contributed by atoms with van der Waals surface area (Å²) < 4.78 is 13.7. The number of benzene rings is 1. The number of para-hydroxylation sites is 1. The maximum atomic E-state index is 13.7. The third kappa shape index (κ3) is 2.72. The van der Waals surface area contributed by atoms with Gasteiger partial charge in [-0.2, -0.15) is 0 Å². The second kappa shape index (κ2) is 5.94. The minimum Gasteiger partial charge on any atom is -0.342 e. The van der Waals surface area contributed by atoms with Crippen molar-refractivity contribution in [1.29, 1.82) is 0 Å². The first-order chi connectivity index (χ1) is 9.78. The SMILES string of the molecule is CCCCC1CCC(c2nc3c(F)cccc3[nH]2)CC1. The lowest BCUT2D eigenvalue weighted by atomic mass is 9.79. The zero-order valence-electron chi connectivity index (χ0n) is 12.2. The summed E-state index contributed by atoms with van der Waals surface area (Å²) in [4.78, 5) is 7.81. The molecule has 0 saturated heterocycles. The maximum Gasteiger partial charge on any atom is 0.151 e. The van der Waals surface area contributed by atoms with Crippen LogP contribution in [0.2, 0.25) is 0 Å². The number of aromatic nitrogens is 2. The van der Waals surface area contributed by atoms with Crippen molar-refractivity contribution in [2.45, 2.75) is 57.8 Å². The number of nitrogens with one attached hydrogen (secondary N) is 1. The number of hydrogen-bond acceptors (Lipinski definition) is 1. The molecule has 0 spiro atoms. The van der Waals surface area contributed by atoms with E-state index in [1.807, 2.05) is 6.07 Å². The molecule has 2 nitrogen and oxygen atoms in total. The predicted molar refractivity (Wildman–Crippen MR) is 80.3 cm³/mol. The van der Waals surface area contributed by atoms with E-state index in [1.54, 1.807) is 6.07 Å². The van der Waals surface area contributed by atoms with Crippen LogP contribution in [0.4, 0.5) is 4.39 Å². The van der Waals surface area contributed by atoms with Gasteiger partial charge in [-0.3, -0.25) is 0 Å². The number of unbranched alkanes of at least 4 members (excludes halogenated alkanes) is 1. The molecular weight excluding hydrogens is 251 g/mol. The summed E-state index contributed by atoms with van der Waals surface area (Å²) in [6.45, 7) is 2.26. The molecule has 1 heterocycles. The lowest BCUT2D eigenvalue weighted by Gasteiger charge is -2.27. The quantitative estimate of drug-likeness (QED) is 0.819. The first-order valence-corrected chi connectivity index (χ1v) is 7.92. The van der Waals surface area contributed by atoms with Crippen LogP contribution in [0.5, 0.6) is 0 Å². The van der Waals surface area contributed by atoms with Gasteiger partial charge in [0.25, 0.3) is 0 Å². The Balaban J connectivity index is 1.69. The molecule has 108 valence electrons. The molecule has 0 atom stereocenters. The molecule has 0 bridgehead atoms. The average Bonchev–Trinajstić information content (AvgIpc) is 2.91. The van der Waals surface area contributed by atoms with Gasteiger partial charge >= 0.3 is 0 Å². The van der Waals surface area contributed by atoms with Gasteiger partial charge in [0.05, 0.1) is 5.52 Å². The van der Waals surface area contributed by atoms with E-state index in [0.29, 0.717) is 11.4 Å². The van der Waals surface area contributed by atoms with Crippen LogP contribution in [-0.2, 0) is 0 Å². The Morgan fingerprint density at radius 2 is 2.05 bits per heavy atom. The highest BCUT2D eigenvalue weighted by Crippen LogP contribution is 2.37. The van der Waals surface area contributed by atoms with Crippen molar-refractivity contribution in [3.8, 4) is 0 Å². The molecule has 1 aromatic carbocycles. The van der Waals surface area contributed by atoms with Crippen LogP contribution in [0.3, 0.4) is 0 Å². The van der Waals surface area contributed by atoms with Crippen LogP contribution >= 0.6 is 0 Å². The fraction of sp³-hybridized carbons (Fsp3) is 0.588. The summed E-state index contributed by atoms with van der Waals surface area (Å²) in [6, 6.07) is 5.12. The fourth-order valence-electron chi connectivity index (χ4n) is 3.43. The van der Waals surface area contributed by atoms with Crippen LogP contribution in [-0.4, -0.2) is 9.97 Å². The van der Waals surface area contributed by atoms with E-state index in [4.69, 9.17) is 0 Å². The molecule has 20 heavy (non-hydrogen) atoms. The molecule has 1 saturated carbocycles. The molecule has 0 aliphatic heterocycles. The minimum atomic E-state index is -0.221. The molecule has 1 aliphatic rings. The number of nitrogens with zero attached hydrogens (tertiary/aromatic N) is 1. The third-order valence-electron chi connectivity index (χ3n) is 4.68. The number of H-pyrrole nitrogens is 1. The summed E-state index contributed by atoms with van der Waals surface area (Å²) in [7, 11) is 0. The zero-order chi connectivity index (χ0) is 13.9. The van der Waals surface area contributed by atoms with Crippen LogP contribution < -0.4 is 0 Å². The second-order valence-corrected chi connectivity index (χ2v) is 6.12. The van der Waals surface area contributed by atoms with Gasteiger partial charge < -0.3 is 4.98 Å². The first kappa shape index (κ1) is 13.6. The smallest absolute Gasteiger partial charge is 0.151 e. The molecule has 0 amide bonds. The minimum absolute atomic E-state index is 0.221. The van der Waals surface area contributed by atoms with E-state index < -0.39 is 0 Å². The first-order valence-electron chi connectivity index (χ1n) is 7.92. The van der Waals surface area contributed by atoms with E-state index in [9.17, 15) is 4.39 Å². The predicted octanol–water partition coefficient (Wildman–Crippen LogP) is 5.17. The lowest BCUT2D eigenvalue weighted by Crippen LogP contribution is -2.14. The van der Waals surface area contributed by atoms with Gasteiger partial charge in [0.2, 0.25) is 0 Å². The Morgan fingerprint density at radius 1 is 1.25 bits per heavy atom. The van der Waals surface area contributed by atoms with Gasteiger partial charge in [0.1, 0.15) is 11.3 Å². The van der Waals surface area contributed by atoms with E-state index in [0.717, 1.165) is 17.3 Å². The number of aromatic amines is 1. The van der Waals surface area contributed by atoms with Gasteiger partial charge in [-0.05, 0) is 43.7 Å². The average molecular weight is 274 g/mol. The zero-order valence-corrected chi connectivity index (χ0v) is 12.2. The van der Waals surface area contributed by atoms with Crippen LogP contribution in [0.1, 0.15) is 63.6 Å². The van der Waals surface area contributed by atoms with Crippen molar-refractivity contribution in [1.82, 2.24) is 9.97 Å². The summed E-state index contributed by atoms with van der Waals surface area (Å²) in [5.41, 5.74) is 1.32. The standard InChI is InChI=1S/C17H23FN2/c1-2-3-5-12-8-10-13(11-9-12)17-19-15-7-4-6-14(18)16(15)20-17/h4,6-7,12-13H,2-3,5,8-11H2,1H3,(H,19,20). The normalized spacial score (nSPS) is 23.3. The number of hydrogen-bond donors (Lipinski definition) is 1. The fourth-order valence-corrected chi connectivity index (χ4v) is 3.43. The second-order valence-electron chi connectivity index (χ2n) is 6.12. The number of imidazole rings is 1. The van der Waals surface area contributed by atoms with Gasteiger partial charge in [-0.1, -0.05) is 32.3 Å². The number of rotatable bonds is 4. The highest BCUT2D eigenvalue weighted by molar-refractivity contribution is 5.75. The van der Waals surface area contributed by atoms with Gasteiger partial charge in [-0.25, -0.2) is 9.37 Å². The Hall–Kier alpha value is -1.38. The van der Waals surface area contributed by atoms with Crippen LogP contribution in [0, 0.1) is 11.7 Å². The summed E-state index contributed by atoms with van der Waals surface area (Å²) >= 11 is 0. The topological polar surface area (TPSA) is 28.7 Å². The van der Waals surface area contributed by atoms with Crippen molar-refractivity contribution < 1.29 is 4.39 Å². The molecule has 3 rings (SSSR count). The molecule has 2 aromatic rings. The highest BCUT2D eigenvalue weighted by Gasteiger charge is 2.24. The number of fused-ring (bicyclic) bond motifs is 1. The van der Waals surface area contributed by atoms with Gasteiger partial charge in [-0.15, -0.1) is 0 Å². The molecule has 1 fully saturated rings. The summed E-state index contributed by atoms with van der Waals surface area (Å²) in [6.07, 6.45) is 8.99. The maximum absolute atomic E-state index is 13.7. The van der Waals surface area contributed by atoms with Crippen molar-refractivity contribution in [2.24, 2.45) is 5.92 Å². The lowest BCUT2D eigenvalue weighted by molar-refractivity contribution is 0.299. The number of halogens is 1. The van der Waals surface area contributed by atoms with E-state index >= 15 is 0 Å². The van der Waals surface area contributed by atoms with E-state index in [2.05, 4.69) is 16.9 Å². The highest BCUT2D eigenvalue weighted by atomic mass is 19.1. The van der Waals surface area contributed by atoms with E-state index in [1.165, 1.54) is 51.0 Å². The van der Waals surface area contributed by atoms with E-state index in [-0.39, 0.29) is 5.82 Å². The van der Waals surface area contributed by atoms with Crippen molar-refractivity contribution in [3.63, 3.8) is 0 Å².